The van der Waals surface area contributed by atoms with Gasteiger partial charge in [0.1, 0.15) is 6.10 Å². The Morgan fingerprint density at radius 1 is 1.19 bits per heavy atom. The number of ether oxygens (including phenoxy) is 1. The van der Waals surface area contributed by atoms with Crippen LogP contribution < -0.4 is 5.32 Å². The van der Waals surface area contributed by atoms with Crippen LogP contribution in [0.5, 0.6) is 0 Å². The number of rotatable bonds is 3. The lowest BCUT2D eigenvalue weighted by Gasteiger charge is -2.57. The van der Waals surface area contributed by atoms with Crippen LogP contribution in [0.1, 0.15) is 38.5 Å². The molecule has 5 fully saturated rings. The van der Waals surface area contributed by atoms with Crippen LogP contribution in [-0.4, -0.2) is 50.2 Å². The molecular formula is C17H28N2O2. The molecule has 1 N–H and O–H groups in total. The topological polar surface area (TPSA) is 41.6 Å². The zero-order valence-corrected chi connectivity index (χ0v) is 13.1. The first-order valence-electron chi connectivity index (χ1n) is 8.70. The minimum absolute atomic E-state index is 0.109. The smallest absolute Gasteiger partial charge is 0.250 e. The molecule has 21 heavy (non-hydrogen) atoms. The molecule has 0 spiro atoms. The highest BCUT2D eigenvalue weighted by molar-refractivity contribution is 5.81. The van der Waals surface area contributed by atoms with Gasteiger partial charge in [-0.1, -0.05) is 0 Å². The van der Waals surface area contributed by atoms with Crippen molar-refractivity contribution in [2.24, 2.45) is 23.2 Å². The maximum atomic E-state index is 12.4. The van der Waals surface area contributed by atoms with Gasteiger partial charge in [0.25, 0.3) is 0 Å². The highest BCUT2D eigenvalue weighted by Gasteiger charge is 2.50. The quantitative estimate of drug-likeness (QED) is 0.860. The van der Waals surface area contributed by atoms with Crippen molar-refractivity contribution in [3.05, 3.63) is 0 Å². The molecule has 4 saturated carbocycles. The van der Waals surface area contributed by atoms with E-state index in [4.69, 9.17) is 4.74 Å². The van der Waals surface area contributed by atoms with Crippen LogP contribution in [0.2, 0.25) is 0 Å². The summed E-state index contributed by atoms with van der Waals surface area (Å²) in [7, 11) is 2.06. The number of nitrogens with zero attached hydrogens (tertiary/aromatic N) is 1. The molecule has 1 aliphatic heterocycles. The van der Waals surface area contributed by atoms with Gasteiger partial charge in [-0.05, 0) is 68.7 Å². The zero-order valence-electron chi connectivity index (χ0n) is 13.1. The van der Waals surface area contributed by atoms with Gasteiger partial charge in [-0.3, -0.25) is 4.79 Å². The second-order valence-electron chi connectivity index (χ2n) is 8.26. The number of likely N-dealkylation sites (N-methyl/N-ethyl adjacent to an activating group) is 1. The molecule has 4 heteroatoms. The Morgan fingerprint density at radius 2 is 1.81 bits per heavy atom. The van der Waals surface area contributed by atoms with Crippen molar-refractivity contribution in [1.29, 1.82) is 0 Å². The predicted molar refractivity (Wildman–Crippen MR) is 80.9 cm³/mol. The fraction of sp³-hybridized carbons (Fsp3) is 0.941. The molecule has 5 rings (SSSR count). The molecule has 4 aliphatic carbocycles. The maximum absolute atomic E-state index is 12.4. The number of morpholine rings is 1. The number of hydrogen-bond acceptors (Lipinski definition) is 3. The molecule has 4 bridgehead atoms. The summed E-state index contributed by atoms with van der Waals surface area (Å²) in [6, 6.07) is 0. The first-order chi connectivity index (χ1) is 10.1. The highest BCUT2D eigenvalue weighted by atomic mass is 16.5. The summed E-state index contributed by atoms with van der Waals surface area (Å²) in [6.07, 6.45) is 8.18. The van der Waals surface area contributed by atoms with E-state index in [9.17, 15) is 4.79 Å². The Kier molecular flexibility index (Phi) is 3.49. The van der Waals surface area contributed by atoms with Crippen molar-refractivity contribution in [3.63, 3.8) is 0 Å². The van der Waals surface area contributed by atoms with E-state index >= 15 is 0 Å². The van der Waals surface area contributed by atoms with Gasteiger partial charge in [0.15, 0.2) is 0 Å². The van der Waals surface area contributed by atoms with E-state index in [1.807, 2.05) is 0 Å². The van der Waals surface area contributed by atoms with Gasteiger partial charge in [0.2, 0.25) is 5.91 Å². The number of carbonyl (C=O) groups is 1. The monoisotopic (exact) mass is 292 g/mol. The van der Waals surface area contributed by atoms with Crippen LogP contribution in [0.25, 0.3) is 0 Å². The molecular weight excluding hydrogens is 264 g/mol. The van der Waals surface area contributed by atoms with Crippen LogP contribution in [0.15, 0.2) is 0 Å². The summed E-state index contributed by atoms with van der Waals surface area (Å²) in [5, 5.41) is 3.24. The first-order valence-corrected chi connectivity index (χ1v) is 8.70. The Balaban J connectivity index is 1.35. The van der Waals surface area contributed by atoms with Crippen molar-refractivity contribution in [2.45, 2.75) is 44.6 Å². The van der Waals surface area contributed by atoms with E-state index in [1.54, 1.807) is 0 Å². The Hall–Kier alpha value is -0.610. The van der Waals surface area contributed by atoms with Crippen molar-refractivity contribution in [2.75, 3.05) is 33.3 Å². The molecule has 0 aromatic heterocycles. The van der Waals surface area contributed by atoms with E-state index in [2.05, 4.69) is 17.3 Å². The second-order valence-corrected chi connectivity index (χ2v) is 8.26. The van der Waals surface area contributed by atoms with Crippen molar-refractivity contribution < 1.29 is 9.53 Å². The van der Waals surface area contributed by atoms with Crippen LogP contribution in [0.3, 0.4) is 0 Å². The molecule has 0 aromatic carbocycles. The van der Waals surface area contributed by atoms with Gasteiger partial charge in [0, 0.05) is 19.6 Å². The SMILES string of the molecule is CN1CCOC(C(=O)NCC23CC4CC(CC(C4)C2)C3)C1. The lowest BCUT2D eigenvalue weighted by Crippen LogP contribution is -2.54. The summed E-state index contributed by atoms with van der Waals surface area (Å²) in [5.41, 5.74) is 0.422. The summed E-state index contributed by atoms with van der Waals surface area (Å²) in [4.78, 5) is 14.6. The Morgan fingerprint density at radius 3 is 2.38 bits per heavy atom. The summed E-state index contributed by atoms with van der Waals surface area (Å²) < 4.78 is 5.63. The third-order valence-corrected chi connectivity index (χ3v) is 6.36. The molecule has 5 aliphatic rings. The largest absolute Gasteiger partial charge is 0.366 e. The average Bonchev–Trinajstić information content (AvgIpc) is 2.43. The van der Waals surface area contributed by atoms with Crippen LogP contribution in [0.4, 0.5) is 0 Å². The molecule has 1 atom stereocenters. The summed E-state index contributed by atoms with van der Waals surface area (Å²) in [5.74, 6) is 2.96. The normalized spacial score (nSPS) is 45.8. The molecule has 4 nitrogen and oxygen atoms in total. The third-order valence-electron chi connectivity index (χ3n) is 6.36. The predicted octanol–water partition coefficient (Wildman–Crippen LogP) is 1.65. The number of nitrogens with one attached hydrogen (secondary N) is 1. The summed E-state index contributed by atoms with van der Waals surface area (Å²) in [6.45, 7) is 3.22. The number of amides is 1. The average molecular weight is 292 g/mol. The fourth-order valence-corrected chi connectivity index (χ4v) is 5.83. The molecule has 1 amide bonds. The Labute approximate surface area is 127 Å². The van der Waals surface area contributed by atoms with Gasteiger partial charge < -0.3 is 15.0 Å². The molecule has 0 radical (unpaired) electrons. The van der Waals surface area contributed by atoms with E-state index in [-0.39, 0.29) is 12.0 Å². The summed E-state index contributed by atoms with van der Waals surface area (Å²) >= 11 is 0. The van der Waals surface area contributed by atoms with Crippen LogP contribution in [-0.2, 0) is 9.53 Å². The minimum atomic E-state index is -0.266. The third kappa shape index (κ3) is 2.72. The van der Waals surface area contributed by atoms with Gasteiger partial charge in [0.05, 0.1) is 6.61 Å². The van der Waals surface area contributed by atoms with E-state index < -0.39 is 0 Å². The van der Waals surface area contributed by atoms with Gasteiger partial charge in [-0.15, -0.1) is 0 Å². The van der Waals surface area contributed by atoms with Gasteiger partial charge >= 0.3 is 0 Å². The molecule has 1 saturated heterocycles. The molecule has 1 heterocycles. The van der Waals surface area contributed by atoms with E-state index in [0.717, 1.165) is 37.4 Å². The Bertz CT molecular complexity index is 388. The number of hydrogen-bond donors (Lipinski definition) is 1. The van der Waals surface area contributed by atoms with E-state index in [0.29, 0.717) is 12.0 Å². The molecule has 118 valence electrons. The van der Waals surface area contributed by atoms with Gasteiger partial charge in [-0.2, -0.15) is 0 Å². The maximum Gasteiger partial charge on any atom is 0.250 e. The number of carbonyl (C=O) groups excluding carboxylic acids is 1. The molecule has 0 aromatic rings. The highest BCUT2D eigenvalue weighted by Crippen LogP contribution is 2.59. The lowest BCUT2D eigenvalue weighted by atomic mass is 9.49. The van der Waals surface area contributed by atoms with Crippen LogP contribution in [0, 0.1) is 23.2 Å². The minimum Gasteiger partial charge on any atom is -0.366 e. The standard InChI is InChI=1S/C17H28N2O2/c1-19-2-3-21-15(10-19)16(20)18-11-17-7-12-4-13(8-17)6-14(5-12)9-17/h12-15H,2-11H2,1H3,(H,18,20). The fourth-order valence-electron chi connectivity index (χ4n) is 5.83. The van der Waals surface area contributed by atoms with Crippen LogP contribution >= 0.6 is 0 Å². The van der Waals surface area contributed by atoms with Gasteiger partial charge in [-0.25, -0.2) is 0 Å². The molecule has 1 unspecified atom stereocenters. The van der Waals surface area contributed by atoms with Crippen molar-refractivity contribution in [3.8, 4) is 0 Å². The lowest BCUT2D eigenvalue weighted by molar-refractivity contribution is -0.139. The van der Waals surface area contributed by atoms with E-state index in [1.165, 1.54) is 38.5 Å². The van der Waals surface area contributed by atoms with Crippen molar-refractivity contribution >= 4 is 5.91 Å². The second kappa shape index (κ2) is 5.24. The first kappa shape index (κ1) is 14.0. The van der Waals surface area contributed by atoms with Crippen molar-refractivity contribution in [1.82, 2.24) is 10.2 Å². The zero-order chi connectivity index (χ0) is 14.4.